The van der Waals surface area contributed by atoms with E-state index < -0.39 is 0 Å². The van der Waals surface area contributed by atoms with Gasteiger partial charge in [-0.1, -0.05) is 36.8 Å². The molecule has 1 aliphatic rings. The van der Waals surface area contributed by atoms with Crippen LogP contribution in [-0.2, 0) is 0 Å². The molecule has 0 bridgehead atoms. The highest BCUT2D eigenvalue weighted by molar-refractivity contribution is 5.75. The van der Waals surface area contributed by atoms with Crippen LogP contribution >= 0.6 is 0 Å². The molecule has 0 saturated heterocycles. The Hall–Kier alpha value is -1.55. The molecule has 4 heteroatoms. The number of carbonyl (C=O) groups is 1. The summed E-state index contributed by atoms with van der Waals surface area (Å²) in [5.41, 5.74) is 2.35. The van der Waals surface area contributed by atoms with Crippen LogP contribution in [0.25, 0.3) is 0 Å². The Morgan fingerprint density at radius 1 is 1.40 bits per heavy atom. The third kappa shape index (κ3) is 3.73. The monoisotopic (exact) mass is 276 g/mol. The third-order valence-corrected chi connectivity index (χ3v) is 3.78. The molecule has 1 aromatic carbocycles. The van der Waals surface area contributed by atoms with Crippen LogP contribution < -0.4 is 5.32 Å². The molecule has 0 aliphatic heterocycles. The normalized spacial score (nSPS) is 15.8. The van der Waals surface area contributed by atoms with Crippen molar-refractivity contribution in [2.45, 2.75) is 45.2 Å². The molecule has 0 aromatic heterocycles. The molecule has 1 saturated carbocycles. The Balaban J connectivity index is 2.01. The quantitative estimate of drug-likeness (QED) is 0.839. The van der Waals surface area contributed by atoms with Gasteiger partial charge in [-0.15, -0.1) is 0 Å². The molecule has 2 rings (SSSR count). The molecule has 1 aromatic rings. The van der Waals surface area contributed by atoms with Gasteiger partial charge >= 0.3 is 6.03 Å². The first kappa shape index (κ1) is 14.9. The summed E-state index contributed by atoms with van der Waals surface area (Å²) in [6.07, 6.45) is 2.95. The van der Waals surface area contributed by atoms with Crippen LogP contribution in [0.4, 0.5) is 4.79 Å². The number of carbonyl (C=O) groups excluding carboxylic acids is 1. The minimum absolute atomic E-state index is 0.0191. The summed E-state index contributed by atoms with van der Waals surface area (Å²) < 4.78 is 0. The first-order chi connectivity index (χ1) is 9.65. The lowest BCUT2D eigenvalue weighted by molar-refractivity contribution is 0.170. The average molecular weight is 276 g/mol. The Kier molecular flexibility index (Phi) is 5.01. The van der Waals surface area contributed by atoms with Gasteiger partial charge in [-0.2, -0.15) is 0 Å². The van der Waals surface area contributed by atoms with Crippen molar-refractivity contribution in [3.63, 3.8) is 0 Å². The van der Waals surface area contributed by atoms with E-state index in [1.54, 1.807) is 4.90 Å². The molecule has 20 heavy (non-hydrogen) atoms. The lowest BCUT2D eigenvalue weighted by Gasteiger charge is -2.26. The Morgan fingerprint density at radius 3 is 2.55 bits per heavy atom. The molecule has 1 aliphatic carbocycles. The van der Waals surface area contributed by atoms with E-state index in [2.05, 4.69) is 43.4 Å². The summed E-state index contributed by atoms with van der Waals surface area (Å²) in [6, 6.07) is 8.55. The first-order valence-corrected chi connectivity index (χ1v) is 7.40. The summed E-state index contributed by atoms with van der Waals surface area (Å²) in [5, 5.41) is 12.2. The number of aliphatic hydroxyl groups excluding tert-OH is 1. The second kappa shape index (κ2) is 6.75. The Bertz CT molecular complexity index is 440. The number of urea groups is 1. The van der Waals surface area contributed by atoms with E-state index in [0.717, 1.165) is 24.8 Å². The van der Waals surface area contributed by atoms with E-state index >= 15 is 0 Å². The molecule has 2 amide bonds. The number of hydrogen-bond acceptors (Lipinski definition) is 2. The van der Waals surface area contributed by atoms with E-state index in [1.807, 2.05) is 0 Å². The van der Waals surface area contributed by atoms with Gasteiger partial charge in [0.2, 0.25) is 0 Å². The number of aliphatic hydroxyl groups is 1. The maximum Gasteiger partial charge on any atom is 0.318 e. The Labute approximate surface area is 120 Å². The molecule has 2 N–H and O–H groups in total. The fourth-order valence-corrected chi connectivity index (χ4v) is 2.40. The van der Waals surface area contributed by atoms with Gasteiger partial charge in [0, 0.05) is 12.6 Å². The summed E-state index contributed by atoms with van der Waals surface area (Å²) in [7, 11) is 0. The van der Waals surface area contributed by atoms with E-state index in [0.29, 0.717) is 12.6 Å². The van der Waals surface area contributed by atoms with Gasteiger partial charge in [-0.25, -0.2) is 4.79 Å². The van der Waals surface area contributed by atoms with Crippen LogP contribution in [0.5, 0.6) is 0 Å². The molecular formula is C16H24N2O2. The topological polar surface area (TPSA) is 52.6 Å². The molecule has 0 heterocycles. The fourth-order valence-electron chi connectivity index (χ4n) is 2.40. The standard InChI is InChI=1S/C16H24N2O2/c1-3-15(13-6-4-12(2)5-7-13)17-16(20)18(10-11-19)14-8-9-14/h4-7,14-15,19H,3,8-11H2,1-2H3,(H,17,20). The minimum Gasteiger partial charge on any atom is -0.395 e. The zero-order valence-electron chi connectivity index (χ0n) is 12.3. The maximum atomic E-state index is 12.3. The van der Waals surface area contributed by atoms with Gasteiger partial charge in [0.15, 0.2) is 0 Å². The number of hydrogen-bond donors (Lipinski definition) is 2. The van der Waals surface area contributed by atoms with Crippen LogP contribution in [0.15, 0.2) is 24.3 Å². The van der Waals surface area contributed by atoms with Crippen molar-refractivity contribution in [1.82, 2.24) is 10.2 Å². The maximum absolute atomic E-state index is 12.3. The van der Waals surface area contributed by atoms with Crippen molar-refractivity contribution in [3.05, 3.63) is 35.4 Å². The fraction of sp³-hybridized carbons (Fsp3) is 0.562. The third-order valence-electron chi connectivity index (χ3n) is 3.78. The van der Waals surface area contributed by atoms with Crippen molar-refractivity contribution in [2.24, 2.45) is 0 Å². The zero-order chi connectivity index (χ0) is 14.5. The van der Waals surface area contributed by atoms with Crippen LogP contribution in [0.3, 0.4) is 0 Å². The SMILES string of the molecule is CCC(NC(=O)N(CCO)C1CC1)c1ccc(C)cc1. The molecular weight excluding hydrogens is 252 g/mol. The summed E-state index contributed by atoms with van der Waals surface area (Å²) in [5.74, 6) is 0. The molecule has 4 nitrogen and oxygen atoms in total. The Morgan fingerprint density at radius 2 is 2.05 bits per heavy atom. The second-order valence-corrected chi connectivity index (χ2v) is 5.47. The highest BCUT2D eigenvalue weighted by atomic mass is 16.3. The predicted molar refractivity (Wildman–Crippen MR) is 79.6 cm³/mol. The largest absolute Gasteiger partial charge is 0.395 e. The number of benzene rings is 1. The highest BCUT2D eigenvalue weighted by Gasteiger charge is 2.32. The number of aryl methyl sites for hydroxylation is 1. The van der Waals surface area contributed by atoms with Crippen LogP contribution in [-0.4, -0.2) is 35.2 Å². The van der Waals surface area contributed by atoms with Gasteiger partial charge in [0.25, 0.3) is 0 Å². The minimum atomic E-state index is -0.0611. The number of amides is 2. The lowest BCUT2D eigenvalue weighted by Crippen LogP contribution is -2.44. The van der Waals surface area contributed by atoms with E-state index in [9.17, 15) is 4.79 Å². The van der Waals surface area contributed by atoms with Gasteiger partial charge in [-0.3, -0.25) is 0 Å². The molecule has 110 valence electrons. The van der Waals surface area contributed by atoms with Gasteiger partial charge < -0.3 is 15.3 Å². The molecule has 0 radical (unpaired) electrons. The second-order valence-electron chi connectivity index (χ2n) is 5.47. The van der Waals surface area contributed by atoms with Crippen molar-refractivity contribution in [1.29, 1.82) is 0 Å². The average Bonchev–Trinajstić information content (AvgIpc) is 3.27. The van der Waals surface area contributed by atoms with Crippen molar-refractivity contribution in [3.8, 4) is 0 Å². The highest BCUT2D eigenvalue weighted by Crippen LogP contribution is 2.27. The first-order valence-electron chi connectivity index (χ1n) is 7.40. The van der Waals surface area contributed by atoms with Crippen molar-refractivity contribution >= 4 is 6.03 Å². The van der Waals surface area contributed by atoms with Crippen LogP contribution in [0.1, 0.15) is 43.4 Å². The summed E-state index contributed by atoms with van der Waals surface area (Å²) in [6.45, 7) is 4.56. The number of nitrogens with one attached hydrogen (secondary N) is 1. The predicted octanol–water partition coefficient (Wildman–Crippen LogP) is 2.61. The molecule has 1 unspecified atom stereocenters. The van der Waals surface area contributed by atoms with E-state index in [4.69, 9.17) is 5.11 Å². The van der Waals surface area contributed by atoms with Crippen molar-refractivity contribution < 1.29 is 9.90 Å². The van der Waals surface area contributed by atoms with E-state index in [1.165, 1.54) is 5.56 Å². The molecule has 1 atom stereocenters. The van der Waals surface area contributed by atoms with Crippen LogP contribution in [0, 0.1) is 6.92 Å². The van der Waals surface area contributed by atoms with Gasteiger partial charge in [0.05, 0.1) is 12.6 Å². The zero-order valence-corrected chi connectivity index (χ0v) is 12.3. The summed E-state index contributed by atoms with van der Waals surface area (Å²) >= 11 is 0. The van der Waals surface area contributed by atoms with Crippen LogP contribution in [0.2, 0.25) is 0 Å². The summed E-state index contributed by atoms with van der Waals surface area (Å²) in [4.78, 5) is 14.1. The lowest BCUT2D eigenvalue weighted by atomic mass is 10.0. The number of rotatable bonds is 6. The smallest absolute Gasteiger partial charge is 0.318 e. The molecule has 0 spiro atoms. The van der Waals surface area contributed by atoms with Crippen molar-refractivity contribution in [2.75, 3.05) is 13.2 Å². The van der Waals surface area contributed by atoms with Gasteiger partial charge in [0.1, 0.15) is 0 Å². The molecule has 1 fully saturated rings. The number of nitrogens with zero attached hydrogens (tertiary/aromatic N) is 1. The van der Waals surface area contributed by atoms with Gasteiger partial charge in [-0.05, 0) is 31.7 Å². The van der Waals surface area contributed by atoms with E-state index in [-0.39, 0.29) is 18.7 Å².